The smallest absolute Gasteiger partial charge is 0.744 e. The summed E-state index contributed by atoms with van der Waals surface area (Å²) in [5, 5.41) is 0. The summed E-state index contributed by atoms with van der Waals surface area (Å²) in [7, 11) is -9.11. The molecule has 0 N–H and O–H groups in total. The predicted octanol–water partition coefficient (Wildman–Crippen LogP) is -2.09. The van der Waals surface area contributed by atoms with Gasteiger partial charge in [-0.15, -0.1) is 0 Å². The fourth-order valence-corrected chi connectivity index (χ4v) is 3.09. The average molecular weight is 344 g/mol. The van der Waals surface area contributed by atoms with Crippen molar-refractivity contribution in [3.8, 4) is 0 Å². The molecule has 0 aliphatic heterocycles. The molecule has 0 saturated carbocycles. The van der Waals surface area contributed by atoms with Crippen LogP contribution in [-0.4, -0.2) is 34.3 Å². The topological polar surface area (TPSA) is 118 Å². The molecule has 0 fully saturated rings. The first-order valence-electron chi connectivity index (χ1n) is 5.67. The minimum Gasteiger partial charge on any atom is -0.744 e. The Bertz CT molecular complexity index is 695. The van der Waals surface area contributed by atoms with E-state index >= 15 is 0 Å². The first-order chi connectivity index (χ1) is 9.22. The molecule has 0 amide bonds. The Morgan fingerprint density at radius 2 is 1.86 bits per heavy atom. The average Bonchev–Trinajstić information content (AvgIpc) is 2.37. The largest absolute Gasteiger partial charge is 1.00 e. The molecule has 0 aromatic heterocycles. The minimum atomic E-state index is -4.95. The molecule has 0 atom stereocenters. The first-order valence-corrected chi connectivity index (χ1v) is 8.48. The van der Waals surface area contributed by atoms with Crippen molar-refractivity contribution in [2.75, 3.05) is 6.61 Å². The maximum absolute atomic E-state index is 11.8. The van der Waals surface area contributed by atoms with E-state index in [9.17, 15) is 26.2 Å². The zero-order chi connectivity index (χ0) is 15.4. The van der Waals surface area contributed by atoms with Gasteiger partial charge in [-0.25, -0.2) is 8.42 Å². The van der Waals surface area contributed by atoms with Crippen molar-refractivity contribution in [3.05, 3.63) is 23.8 Å². The zero-order valence-corrected chi connectivity index (χ0v) is 15.2. The van der Waals surface area contributed by atoms with Gasteiger partial charge in [-0.05, 0) is 24.6 Å². The summed E-state index contributed by atoms with van der Waals surface area (Å²) in [6.45, 7) is 1.80. The molecule has 0 radical (unpaired) electrons. The van der Waals surface area contributed by atoms with Gasteiger partial charge in [-0.2, -0.15) is 8.42 Å². The van der Waals surface area contributed by atoms with E-state index in [1.165, 1.54) is 0 Å². The standard InChI is InChI=1S/C11H14O7S2.Na/c1-2-3-6-18-20(16,17)10-5-4-9(8-12)11(7-10)19(13,14)15;/h4-5,7-8H,2-3,6H2,1H3,(H,13,14,15);/q;+1/p-1. The Balaban J connectivity index is 0.00000400. The molecule has 1 aromatic carbocycles. The number of hydrogen-bond acceptors (Lipinski definition) is 7. The van der Waals surface area contributed by atoms with Crippen LogP contribution in [0.15, 0.2) is 28.0 Å². The summed E-state index contributed by atoms with van der Waals surface area (Å²) in [6, 6.07) is 2.60. The van der Waals surface area contributed by atoms with Gasteiger partial charge in [0.15, 0.2) is 6.29 Å². The van der Waals surface area contributed by atoms with Gasteiger partial charge in [0.05, 0.1) is 16.4 Å². The molecule has 0 heterocycles. The van der Waals surface area contributed by atoms with Gasteiger partial charge in [-0.1, -0.05) is 13.3 Å². The van der Waals surface area contributed by atoms with E-state index in [0.717, 1.165) is 18.6 Å². The van der Waals surface area contributed by atoms with Crippen LogP contribution in [0.25, 0.3) is 0 Å². The van der Waals surface area contributed by atoms with E-state index in [4.69, 9.17) is 0 Å². The molecular weight excluding hydrogens is 331 g/mol. The second-order valence-electron chi connectivity index (χ2n) is 3.90. The Morgan fingerprint density at radius 1 is 1.24 bits per heavy atom. The van der Waals surface area contributed by atoms with Gasteiger partial charge in [0.1, 0.15) is 10.1 Å². The van der Waals surface area contributed by atoms with Crippen LogP contribution in [0.4, 0.5) is 0 Å². The van der Waals surface area contributed by atoms with Gasteiger partial charge in [0, 0.05) is 5.56 Å². The monoisotopic (exact) mass is 344 g/mol. The molecular formula is C11H13NaO7S2. The molecule has 0 unspecified atom stereocenters. The number of hydrogen-bond donors (Lipinski definition) is 0. The molecule has 0 aliphatic rings. The van der Waals surface area contributed by atoms with Crippen LogP contribution in [0.2, 0.25) is 0 Å². The van der Waals surface area contributed by atoms with Crippen LogP contribution in [0, 0.1) is 0 Å². The van der Waals surface area contributed by atoms with Crippen molar-refractivity contribution in [1.82, 2.24) is 0 Å². The number of carbonyl (C=O) groups is 1. The van der Waals surface area contributed by atoms with Crippen molar-refractivity contribution < 1.29 is 59.9 Å². The Kier molecular flexibility index (Phi) is 8.26. The Hall–Kier alpha value is -0.290. The van der Waals surface area contributed by atoms with E-state index < -0.39 is 35.6 Å². The summed E-state index contributed by atoms with van der Waals surface area (Å²) in [6.07, 6.45) is 1.40. The molecule has 21 heavy (non-hydrogen) atoms. The fraction of sp³-hybridized carbons (Fsp3) is 0.364. The molecule has 1 rings (SSSR count). The maximum Gasteiger partial charge on any atom is 1.00 e. The number of aldehydes is 1. The van der Waals surface area contributed by atoms with Crippen molar-refractivity contribution in [1.29, 1.82) is 0 Å². The van der Waals surface area contributed by atoms with Gasteiger partial charge in [0.25, 0.3) is 10.1 Å². The van der Waals surface area contributed by atoms with Crippen molar-refractivity contribution in [2.24, 2.45) is 0 Å². The van der Waals surface area contributed by atoms with E-state index in [0.29, 0.717) is 12.5 Å². The van der Waals surface area contributed by atoms with Crippen LogP contribution in [0.5, 0.6) is 0 Å². The molecule has 10 heteroatoms. The number of carbonyl (C=O) groups excluding carboxylic acids is 1. The van der Waals surface area contributed by atoms with E-state index in [1.54, 1.807) is 0 Å². The summed E-state index contributed by atoms with van der Waals surface area (Å²) >= 11 is 0. The number of rotatable bonds is 7. The van der Waals surface area contributed by atoms with Gasteiger partial charge in [0.2, 0.25) is 0 Å². The summed E-state index contributed by atoms with van der Waals surface area (Å²) in [5.41, 5.74) is -0.396. The molecule has 0 bridgehead atoms. The molecule has 0 aliphatic carbocycles. The predicted molar refractivity (Wildman–Crippen MR) is 67.8 cm³/mol. The number of unbranched alkanes of at least 4 members (excludes halogenated alkanes) is 1. The van der Waals surface area contributed by atoms with E-state index in [1.807, 2.05) is 6.92 Å². The van der Waals surface area contributed by atoms with Crippen LogP contribution >= 0.6 is 0 Å². The van der Waals surface area contributed by atoms with E-state index in [2.05, 4.69) is 4.18 Å². The van der Waals surface area contributed by atoms with Crippen LogP contribution in [0.3, 0.4) is 0 Å². The van der Waals surface area contributed by atoms with Crippen molar-refractivity contribution in [2.45, 2.75) is 29.6 Å². The Morgan fingerprint density at radius 3 is 2.33 bits per heavy atom. The third-order valence-electron chi connectivity index (χ3n) is 2.41. The van der Waals surface area contributed by atoms with Crippen LogP contribution in [0.1, 0.15) is 30.1 Å². The summed E-state index contributed by atoms with van der Waals surface area (Å²) in [4.78, 5) is 9.30. The zero-order valence-electron chi connectivity index (χ0n) is 11.6. The minimum absolute atomic E-state index is 0. The van der Waals surface area contributed by atoms with Gasteiger partial charge < -0.3 is 4.55 Å². The second-order valence-corrected chi connectivity index (χ2v) is 6.86. The first kappa shape index (κ1) is 20.7. The molecule has 7 nitrogen and oxygen atoms in total. The third kappa shape index (κ3) is 5.78. The van der Waals surface area contributed by atoms with Crippen LogP contribution < -0.4 is 29.6 Å². The quantitative estimate of drug-likeness (QED) is 0.183. The fourth-order valence-electron chi connectivity index (χ4n) is 1.37. The molecule has 1 aromatic rings. The maximum atomic E-state index is 11.8. The normalized spacial score (nSPS) is 11.7. The molecule has 0 saturated heterocycles. The van der Waals surface area contributed by atoms with Crippen molar-refractivity contribution in [3.63, 3.8) is 0 Å². The van der Waals surface area contributed by atoms with Gasteiger partial charge in [-0.3, -0.25) is 8.98 Å². The van der Waals surface area contributed by atoms with Gasteiger partial charge >= 0.3 is 29.6 Å². The van der Waals surface area contributed by atoms with E-state index in [-0.39, 0.29) is 42.5 Å². The SMILES string of the molecule is CCCCOS(=O)(=O)c1ccc(C=O)c(S(=O)(=O)[O-])c1.[Na+]. The summed E-state index contributed by atoms with van der Waals surface area (Å²) in [5.74, 6) is 0. The Labute approximate surface area is 145 Å². The third-order valence-corrected chi connectivity index (χ3v) is 4.61. The molecule has 0 spiro atoms. The molecule has 112 valence electrons. The van der Waals surface area contributed by atoms with Crippen LogP contribution in [-0.2, 0) is 24.4 Å². The second kappa shape index (κ2) is 8.37. The van der Waals surface area contributed by atoms with Crippen molar-refractivity contribution >= 4 is 26.5 Å². The number of benzene rings is 1. The summed E-state index contributed by atoms with van der Waals surface area (Å²) < 4.78 is 61.2.